The Morgan fingerprint density at radius 1 is 1.44 bits per heavy atom. The van der Waals surface area contributed by atoms with E-state index in [9.17, 15) is 0 Å². The minimum Gasteiger partial charge on any atom is -0.518 e. The van der Waals surface area contributed by atoms with Crippen molar-refractivity contribution < 1.29 is 32.7 Å². The first-order chi connectivity index (χ1) is 3.93. The molecular weight excluding hydrogens is 185 g/mol. The molecule has 0 aromatic heterocycles. The van der Waals surface area contributed by atoms with Crippen molar-refractivity contribution in [2.45, 2.75) is 0 Å². The van der Waals surface area contributed by atoms with Crippen LogP contribution in [0.4, 0.5) is 0 Å². The summed E-state index contributed by atoms with van der Waals surface area (Å²) < 4.78 is 0. The summed E-state index contributed by atoms with van der Waals surface area (Å²) in [5.41, 5.74) is 0. The van der Waals surface area contributed by atoms with Gasteiger partial charge in [0.05, 0.1) is 0 Å². The van der Waals surface area contributed by atoms with E-state index >= 15 is 0 Å². The Labute approximate surface area is 81.6 Å². The Bertz CT molecular complexity index is 134. The first-order valence-electron chi connectivity index (χ1n) is 2.67. The fourth-order valence-corrected chi connectivity index (χ4v) is 0.642. The van der Waals surface area contributed by atoms with E-state index in [2.05, 4.69) is 0 Å². The fraction of sp³-hybridized carbons (Fsp3) is 0.125. The van der Waals surface area contributed by atoms with Gasteiger partial charge in [0.25, 0.3) is 0 Å². The van der Waals surface area contributed by atoms with E-state index in [1.54, 1.807) is 6.08 Å². The molecule has 0 aromatic carbocycles. The summed E-state index contributed by atoms with van der Waals surface area (Å²) in [6.45, 7) is 5.26. The molecule has 1 radical (unpaired) electrons. The minimum atomic E-state index is 0. The molecule has 45 valence electrons. The molecule has 0 heterocycles. The molecule has 1 aliphatic rings. The third-order valence-corrected chi connectivity index (χ3v) is 1.11. The van der Waals surface area contributed by atoms with Crippen molar-refractivity contribution in [2.75, 3.05) is 0 Å². The van der Waals surface area contributed by atoms with E-state index in [0.29, 0.717) is 5.92 Å². The summed E-state index contributed by atoms with van der Waals surface area (Å²) in [6, 6.07) is 0. The van der Waals surface area contributed by atoms with Gasteiger partial charge in [-0.3, -0.25) is 6.08 Å². The molecule has 0 spiro atoms. The van der Waals surface area contributed by atoms with Gasteiger partial charge < -0.3 is 6.58 Å². The summed E-state index contributed by atoms with van der Waals surface area (Å²) in [6.07, 6.45) is 11.7. The van der Waals surface area contributed by atoms with E-state index in [0.717, 1.165) is 0 Å². The molecular formula is C8H8Y-2. The standard InChI is InChI=1S/C8H8.Y/c1-2-8-6-4-3-5-7-8;/h1-8H;/q-2;. The fourth-order valence-electron chi connectivity index (χ4n) is 0.642. The van der Waals surface area contributed by atoms with Gasteiger partial charge in [0.1, 0.15) is 0 Å². The minimum absolute atomic E-state index is 0. The van der Waals surface area contributed by atoms with Gasteiger partial charge >= 0.3 is 0 Å². The van der Waals surface area contributed by atoms with Crippen molar-refractivity contribution in [3.8, 4) is 0 Å². The van der Waals surface area contributed by atoms with Crippen molar-refractivity contribution in [3.05, 3.63) is 43.4 Å². The predicted molar refractivity (Wildman–Crippen MR) is 34.9 cm³/mol. The Morgan fingerprint density at radius 3 is 2.56 bits per heavy atom. The second kappa shape index (κ2) is 5.02. The van der Waals surface area contributed by atoms with Crippen LogP contribution in [0.3, 0.4) is 0 Å². The van der Waals surface area contributed by atoms with Gasteiger partial charge in [-0.1, -0.05) is 5.92 Å². The monoisotopic (exact) mass is 193 g/mol. The van der Waals surface area contributed by atoms with Crippen LogP contribution in [-0.2, 0) is 32.7 Å². The van der Waals surface area contributed by atoms with Crippen LogP contribution in [0.5, 0.6) is 0 Å². The topological polar surface area (TPSA) is 0 Å². The third-order valence-electron chi connectivity index (χ3n) is 1.11. The van der Waals surface area contributed by atoms with Gasteiger partial charge in [-0.05, 0) is 0 Å². The zero-order chi connectivity index (χ0) is 5.82. The zero-order valence-electron chi connectivity index (χ0n) is 5.20. The SMILES string of the molecule is [CH-]=CC1C=CC=C[CH-]1.[Y]. The maximum atomic E-state index is 5.26. The van der Waals surface area contributed by atoms with Crippen LogP contribution in [0.15, 0.2) is 30.4 Å². The molecule has 1 unspecified atom stereocenters. The maximum Gasteiger partial charge on any atom is 0 e. The molecule has 0 aliphatic heterocycles. The van der Waals surface area contributed by atoms with Crippen LogP contribution in [0.2, 0.25) is 0 Å². The predicted octanol–water partition coefficient (Wildman–Crippen LogP) is 1.92. The molecule has 0 bridgehead atoms. The average molecular weight is 193 g/mol. The molecule has 1 atom stereocenters. The Balaban J connectivity index is 0.000000640. The Morgan fingerprint density at radius 2 is 2.22 bits per heavy atom. The second-order valence-electron chi connectivity index (χ2n) is 1.73. The summed E-state index contributed by atoms with van der Waals surface area (Å²) >= 11 is 0. The van der Waals surface area contributed by atoms with Crippen molar-refractivity contribution >= 4 is 0 Å². The van der Waals surface area contributed by atoms with Crippen molar-refractivity contribution in [1.29, 1.82) is 0 Å². The van der Waals surface area contributed by atoms with Crippen LogP contribution in [-0.4, -0.2) is 0 Å². The smallest absolute Gasteiger partial charge is 0 e. The second-order valence-corrected chi connectivity index (χ2v) is 1.73. The van der Waals surface area contributed by atoms with E-state index < -0.39 is 0 Å². The van der Waals surface area contributed by atoms with E-state index in [1.165, 1.54) is 0 Å². The quantitative estimate of drug-likeness (QED) is 0.558. The molecule has 0 N–H and O–H groups in total. The maximum absolute atomic E-state index is 5.26. The average Bonchev–Trinajstić information content (AvgIpc) is 1.90. The Hall–Kier alpha value is 0.194. The van der Waals surface area contributed by atoms with Gasteiger partial charge in [-0.25, -0.2) is 18.6 Å². The number of hydrogen-bond acceptors (Lipinski definition) is 0. The summed E-state index contributed by atoms with van der Waals surface area (Å²) in [5.74, 6) is 0.347. The van der Waals surface area contributed by atoms with Crippen LogP contribution in [0.25, 0.3) is 0 Å². The molecule has 0 saturated carbocycles. The number of rotatable bonds is 1. The molecule has 0 fully saturated rings. The van der Waals surface area contributed by atoms with Crippen molar-refractivity contribution in [3.63, 3.8) is 0 Å². The van der Waals surface area contributed by atoms with Gasteiger partial charge in [-0.15, -0.1) is 12.2 Å². The first-order valence-corrected chi connectivity index (χ1v) is 2.67. The molecule has 9 heavy (non-hydrogen) atoms. The number of allylic oxidation sites excluding steroid dienone is 5. The Kier molecular flexibility index (Phi) is 5.12. The molecule has 1 heteroatoms. The van der Waals surface area contributed by atoms with Gasteiger partial charge in [0.15, 0.2) is 0 Å². The summed E-state index contributed by atoms with van der Waals surface area (Å²) in [4.78, 5) is 0. The zero-order valence-corrected chi connectivity index (χ0v) is 8.03. The molecule has 0 aromatic rings. The van der Waals surface area contributed by atoms with Crippen LogP contribution in [0.1, 0.15) is 0 Å². The van der Waals surface area contributed by atoms with Crippen LogP contribution >= 0.6 is 0 Å². The first kappa shape index (κ1) is 9.19. The van der Waals surface area contributed by atoms with Crippen molar-refractivity contribution in [1.82, 2.24) is 0 Å². The van der Waals surface area contributed by atoms with Crippen LogP contribution < -0.4 is 0 Å². The largest absolute Gasteiger partial charge is 0.518 e. The van der Waals surface area contributed by atoms with Gasteiger partial charge in [0.2, 0.25) is 0 Å². The third kappa shape index (κ3) is 3.03. The molecule has 0 amide bonds. The molecule has 0 saturated heterocycles. The van der Waals surface area contributed by atoms with Crippen LogP contribution in [0, 0.1) is 18.9 Å². The van der Waals surface area contributed by atoms with E-state index in [1.807, 2.05) is 30.7 Å². The van der Waals surface area contributed by atoms with Crippen molar-refractivity contribution in [2.24, 2.45) is 5.92 Å². The number of hydrogen-bond donors (Lipinski definition) is 0. The van der Waals surface area contributed by atoms with E-state index in [-0.39, 0.29) is 32.7 Å². The molecule has 0 nitrogen and oxygen atoms in total. The van der Waals surface area contributed by atoms with Gasteiger partial charge in [0, 0.05) is 32.7 Å². The summed E-state index contributed by atoms with van der Waals surface area (Å²) in [7, 11) is 0. The normalized spacial score (nSPS) is 22.0. The molecule has 1 rings (SSSR count). The van der Waals surface area contributed by atoms with Gasteiger partial charge in [-0.2, -0.15) is 0 Å². The molecule has 1 aliphatic carbocycles. The van der Waals surface area contributed by atoms with E-state index in [4.69, 9.17) is 6.58 Å². The summed E-state index contributed by atoms with van der Waals surface area (Å²) in [5, 5.41) is 0.